The molecule has 2 radical (unpaired) electrons. The van der Waals surface area contributed by atoms with Crippen LogP contribution in [0.1, 0.15) is 37.8 Å². The van der Waals surface area contributed by atoms with Crippen LogP contribution in [0.2, 0.25) is 0 Å². The number of esters is 1. The third kappa shape index (κ3) is 8.86. The van der Waals surface area contributed by atoms with Crippen molar-refractivity contribution in [1.29, 1.82) is 0 Å². The fourth-order valence-corrected chi connectivity index (χ4v) is 3.88. The first kappa shape index (κ1) is 28.7. The first-order valence-corrected chi connectivity index (χ1v) is 12.4. The molecule has 0 spiro atoms. The molecule has 9 heteroatoms. The van der Waals surface area contributed by atoms with Crippen LogP contribution < -0.4 is 16.0 Å². The summed E-state index contributed by atoms with van der Waals surface area (Å²) in [5.74, 6) is -1.25. The van der Waals surface area contributed by atoms with Gasteiger partial charge < -0.3 is 20.7 Å². The molecule has 188 valence electrons. The van der Waals surface area contributed by atoms with Gasteiger partial charge in [-0.15, -0.1) is 11.6 Å². The van der Waals surface area contributed by atoms with Gasteiger partial charge in [0, 0.05) is 24.7 Å². The highest BCUT2D eigenvalue weighted by atomic mass is 35.5. The normalized spacial score (nSPS) is 13.5. The second-order valence-corrected chi connectivity index (χ2v) is 8.87. The number of nitrogens with two attached hydrogens (primary N) is 1. The smallest absolute Gasteiger partial charge is 0.322 e. The van der Waals surface area contributed by atoms with Gasteiger partial charge in [0.2, 0.25) is 5.91 Å². The molecular weight excluding hydrogens is 468 g/mol. The molecule has 0 aromatic heterocycles. The maximum Gasteiger partial charge on any atom is 0.322 e. The van der Waals surface area contributed by atoms with Gasteiger partial charge in [-0.1, -0.05) is 37.6 Å². The van der Waals surface area contributed by atoms with Crippen molar-refractivity contribution in [2.45, 2.75) is 51.0 Å². The first-order valence-electron chi connectivity index (χ1n) is 11.9. The van der Waals surface area contributed by atoms with E-state index in [0.717, 1.165) is 37.2 Å². The Kier molecular flexibility index (Phi) is 11.5. The molecule has 35 heavy (non-hydrogen) atoms. The molecule has 0 aliphatic heterocycles. The molecular formula is C26H34BClFN3O3. The third-order valence-corrected chi connectivity index (χ3v) is 5.78. The largest absolute Gasteiger partial charge is 0.465 e. The number of alkyl halides is 1. The molecule has 0 saturated carbocycles. The van der Waals surface area contributed by atoms with Crippen LogP contribution in [0, 0.1) is 5.82 Å². The zero-order valence-corrected chi connectivity index (χ0v) is 21.2. The number of hydrogen-bond donors (Lipinski definition) is 2. The maximum absolute atomic E-state index is 13.3. The monoisotopic (exact) mass is 501 g/mol. The Balaban J connectivity index is 2.08. The van der Waals surface area contributed by atoms with Gasteiger partial charge in [0.15, 0.2) is 0 Å². The minimum atomic E-state index is -1.84. The molecule has 0 fully saturated rings. The molecule has 0 saturated heterocycles. The summed E-state index contributed by atoms with van der Waals surface area (Å²) in [6, 6.07) is 12.4. The van der Waals surface area contributed by atoms with Gasteiger partial charge in [-0.25, -0.2) is 4.39 Å². The number of benzene rings is 2. The molecule has 0 heterocycles. The molecule has 2 rings (SSSR count). The zero-order chi connectivity index (χ0) is 25.8. The number of rotatable bonds is 14. The summed E-state index contributed by atoms with van der Waals surface area (Å²) < 4.78 is 18.3. The van der Waals surface area contributed by atoms with E-state index in [4.69, 9.17) is 29.9 Å². The number of nitrogens with zero attached hydrogens (tertiary/aromatic N) is 1. The Morgan fingerprint density at radius 3 is 2.31 bits per heavy atom. The van der Waals surface area contributed by atoms with Crippen LogP contribution in [0.5, 0.6) is 0 Å². The lowest BCUT2D eigenvalue weighted by Crippen LogP contribution is -2.60. The van der Waals surface area contributed by atoms with Gasteiger partial charge in [0.05, 0.1) is 18.1 Å². The molecule has 6 nitrogen and oxygen atoms in total. The molecule has 0 aliphatic carbocycles. The number of halogens is 2. The van der Waals surface area contributed by atoms with Gasteiger partial charge in [0.25, 0.3) is 0 Å². The van der Waals surface area contributed by atoms with Crippen LogP contribution in [-0.4, -0.2) is 56.8 Å². The molecule has 2 aromatic rings. The van der Waals surface area contributed by atoms with E-state index in [1.165, 1.54) is 24.3 Å². The molecule has 1 amide bonds. The lowest BCUT2D eigenvalue weighted by Gasteiger charge is -2.30. The van der Waals surface area contributed by atoms with E-state index in [9.17, 15) is 14.0 Å². The number of unbranched alkanes of at least 4 members (excludes halogenated alkanes) is 1. The fraction of sp³-hybridized carbons (Fsp3) is 0.462. The van der Waals surface area contributed by atoms with Crippen LogP contribution in [0.4, 0.5) is 10.1 Å². The second kappa shape index (κ2) is 14.1. The first-order chi connectivity index (χ1) is 16.7. The summed E-state index contributed by atoms with van der Waals surface area (Å²) in [4.78, 5) is 27.7. The van der Waals surface area contributed by atoms with E-state index >= 15 is 0 Å². The van der Waals surface area contributed by atoms with Crippen molar-refractivity contribution < 1.29 is 18.7 Å². The standard InChI is InChI=1S/C26H34BClFN3O3/c1-3-5-15-32(16-14-28)22-12-8-19(9-13-22)17-23(30)24(33)31-26(27,25(34)35-4-2)18-20-6-10-21(29)11-7-20/h6-13,23H,3-5,14-18,30H2,1-2H3,(H,31,33). The van der Waals surface area contributed by atoms with E-state index in [1.54, 1.807) is 6.92 Å². The van der Waals surface area contributed by atoms with Gasteiger partial charge >= 0.3 is 5.97 Å². The number of anilines is 1. The van der Waals surface area contributed by atoms with E-state index in [2.05, 4.69) is 17.1 Å². The Labute approximate surface area is 213 Å². The lowest BCUT2D eigenvalue weighted by molar-refractivity contribution is -0.149. The van der Waals surface area contributed by atoms with Crippen LogP contribution in [0.3, 0.4) is 0 Å². The van der Waals surface area contributed by atoms with Gasteiger partial charge in [-0.05, 0) is 61.6 Å². The number of ether oxygens (including phenoxy) is 1. The van der Waals surface area contributed by atoms with Crippen molar-refractivity contribution in [2.24, 2.45) is 5.73 Å². The third-order valence-electron chi connectivity index (χ3n) is 5.61. The molecule has 2 unspecified atom stereocenters. The highest BCUT2D eigenvalue weighted by Gasteiger charge is 2.37. The summed E-state index contributed by atoms with van der Waals surface area (Å²) in [5, 5.41) is 2.55. The Morgan fingerprint density at radius 1 is 1.11 bits per heavy atom. The summed E-state index contributed by atoms with van der Waals surface area (Å²) in [7, 11) is 6.28. The van der Waals surface area contributed by atoms with Crippen LogP contribution in [0.15, 0.2) is 48.5 Å². The highest BCUT2D eigenvalue weighted by molar-refractivity contribution is 6.28. The Morgan fingerprint density at radius 2 is 1.74 bits per heavy atom. The van der Waals surface area contributed by atoms with Crippen LogP contribution in [-0.2, 0) is 27.2 Å². The van der Waals surface area contributed by atoms with E-state index in [-0.39, 0.29) is 19.4 Å². The molecule has 0 bridgehead atoms. The quantitative estimate of drug-likeness (QED) is 0.236. The van der Waals surface area contributed by atoms with E-state index in [0.29, 0.717) is 11.4 Å². The fourth-order valence-electron chi connectivity index (χ4n) is 3.67. The number of amides is 1. The molecule has 2 aromatic carbocycles. The minimum absolute atomic E-state index is 0.0760. The van der Waals surface area contributed by atoms with Crippen LogP contribution >= 0.6 is 11.6 Å². The van der Waals surface area contributed by atoms with Crippen molar-refractivity contribution >= 4 is 37.0 Å². The highest BCUT2D eigenvalue weighted by Crippen LogP contribution is 2.18. The van der Waals surface area contributed by atoms with Gasteiger partial charge in [-0.3, -0.25) is 9.59 Å². The number of carbonyl (C=O) groups is 2. The van der Waals surface area contributed by atoms with Crippen molar-refractivity contribution in [1.82, 2.24) is 5.32 Å². The molecule has 2 atom stereocenters. The van der Waals surface area contributed by atoms with Crippen molar-refractivity contribution in [2.75, 3.05) is 30.5 Å². The van der Waals surface area contributed by atoms with Crippen LogP contribution in [0.25, 0.3) is 0 Å². The summed E-state index contributed by atoms with van der Waals surface area (Å²) in [6.07, 6.45) is 2.35. The minimum Gasteiger partial charge on any atom is -0.465 e. The van der Waals surface area contributed by atoms with Crippen molar-refractivity contribution in [3.63, 3.8) is 0 Å². The number of carbonyl (C=O) groups excluding carboxylic acids is 2. The van der Waals surface area contributed by atoms with Crippen molar-refractivity contribution in [3.8, 4) is 0 Å². The van der Waals surface area contributed by atoms with Gasteiger partial charge in [0.1, 0.15) is 13.7 Å². The average Bonchev–Trinajstić information content (AvgIpc) is 2.84. The number of nitrogens with one attached hydrogen (secondary N) is 1. The summed E-state index contributed by atoms with van der Waals surface area (Å²) >= 11 is 5.95. The molecule has 3 N–H and O–H groups in total. The lowest BCUT2D eigenvalue weighted by atomic mass is 9.72. The van der Waals surface area contributed by atoms with E-state index in [1.807, 2.05) is 24.3 Å². The zero-order valence-electron chi connectivity index (χ0n) is 20.4. The van der Waals surface area contributed by atoms with Crippen molar-refractivity contribution in [3.05, 3.63) is 65.5 Å². The van der Waals surface area contributed by atoms with E-state index < -0.39 is 29.2 Å². The topological polar surface area (TPSA) is 84.7 Å². The summed E-state index contributed by atoms with van der Waals surface area (Å²) in [5.41, 5.74) is 6.81. The predicted molar refractivity (Wildman–Crippen MR) is 139 cm³/mol. The second-order valence-electron chi connectivity index (χ2n) is 8.49. The molecule has 0 aliphatic rings. The Bertz CT molecular complexity index is 946. The Hall–Kier alpha value is -2.58. The number of hydrogen-bond acceptors (Lipinski definition) is 5. The maximum atomic E-state index is 13.3. The van der Waals surface area contributed by atoms with Gasteiger partial charge in [-0.2, -0.15) is 0 Å². The predicted octanol–water partition coefficient (Wildman–Crippen LogP) is 3.33. The summed E-state index contributed by atoms with van der Waals surface area (Å²) in [6.45, 7) is 5.55. The SMILES string of the molecule is [B]C(Cc1ccc(F)cc1)(NC(=O)C(N)Cc1ccc(N(CCCl)CCCC)cc1)C(=O)OCC. The average molecular weight is 502 g/mol.